The average Bonchev–Trinajstić information content (AvgIpc) is 2.89. The van der Waals surface area contributed by atoms with Crippen molar-refractivity contribution in [3.05, 3.63) is 42.3 Å². The number of carbonyl (C=O) groups excluding carboxylic acids is 1. The molecule has 2 N–H and O–H groups in total. The molecule has 0 aliphatic rings. The van der Waals surface area contributed by atoms with Crippen LogP contribution in [0.25, 0.3) is 11.5 Å². The molecule has 0 fully saturated rings. The molecule has 1 heterocycles. The Balaban J connectivity index is 2.07. The highest BCUT2D eigenvalue weighted by molar-refractivity contribution is 5.70. The van der Waals surface area contributed by atoms with E-state index in [1.165, 1.54) is 6.26 Å². The van der Waals surface area contributed by atoms with Crippen LogP contribution in [0.5, 0.6) is 0 Å². The number of carbonyl (C=O) groups is 1. The van der Waals surface area contributed by atoms with Gasteiger partial charge in [-0.25, -0.2) is 4.98 Å². The third kappa shape index (κ3) is 3.42. The quantitative estimate of drug-likeness (QED) is 0.834. The molecule has 0 saturated heterocycles. The van der Waals surface area contributed by atoms with Gasteiger partial charge in [-0.2, -0.15) is 0 Å². The van der Waals surface area contributed by atoms with Gasteiger partial charge >= 0.3 is 5.97 Å². The third-order valence-electron chi connectivity index (χ3n) is 2.61. The van der Waals surface area contributed by atoms with Crippen molar-refractivity contribution in [2.45, 2.75) is 19.4 Å². The molecular formula is C14H16N2O3. The number of hydrogen-bond donors (Lipinski definition) is 1. The molecule has 1 aromatic heterocycles. The minimum atomic E-state index is -0.514. The van der Waals surface area contributed by atoms with E-state index in [0.717, 1.165) is 5.56 Å². The Morgan fingerprint density at radius 1 is 1.42 bits per heavy atom. The lowest BCUT2D eigenvalue weighted by atomic mass is 10.2. The number of hydrogen-bond acceptors (Lipinski definition) is 5. The fraction of sp³-hybridized carbons (Fsp3) is 0.286. The summed E-state index contributed by atoms with van der Waals surface area (Å²) < 4.78 is 10.2. The first-order chi connectivity index (χ1) is 9.20. The fourth-order valence-electron chi connectivity index (χ4n) is 1.67. The minimum absolute atomic E-state index is 0.0919. The number of nitrogens with two attached hydrogens (primary N) is 1. The van der Waals surface area contributed by atoms with E-state index >= 15 is 0 Å². The summed E-state index contributed by atoms with van der Waals surface area (Å²) in [4.78, 5) is 15.6. The second-order valence-electron chi connectivity index (χ2n) is 4.06. The lowest BCUT2D eigenvalue weighted by Gasteiger charge is -2.06. The fourth-order valence-corrected chi connectivity index (χ4v) is 1.67. The summed E-state index contributed by atoms with van der Waals surface area (Å²) in [5.41, 5.74) is 7.31. The molecule has 0 aliphatic heterocycles. The molecule has 100 valence electrons. The van der Waals surface area contributed by atoms with Crippen molar-refractivity contribution < 1.29 is 13.9 Å². The molecule has 1 aromatic carbocycles. The smallest absolute Gasteiger partial charge is 0.307 e. The topological polar surface area (TPSA) is 78.4 Å². The van der Waals surface area contributed by atoms with Gasteiger partial charge in [0.1, 0.15) is 6.26 Å². The Hall–Kier alpha value is -2.14. The molecule has 5 heteroatoms. The molecule has 0 bridgehead atoms. The zero-order valence-electron chi connectivity index (χ0n) is 10.7. The highest BCUT2D eigenvalue weighted by atomic mass is 16.5. The summed E-state index contributed by atoms with van der Waals surface area (Å²) in [7, 11) is 0. The van der Waals surface area contributed by atoms with E-state index in [9.17, 15) is 4.79 Å². The highest BCUT2D eigenvalue weighted by Gasteiger charge is 2.17. The second-order valence-corrected chi connectivity index (χ2v) is 4.06. The van der Waals surface area contributed by atoms with Crippen molar-refractivity contribution >= 4 is 5.97 Å². The number of benzene rings is 1. The summed E-state index contributed by atoms with van der Waals surface area (Å²) in [5, 5.41) is 0. The standard InChI is InChI=1S/C14H16N2O3/c1-2-18-13(17)8-11(15)12-9-19-14(16-12)10-6-4-3-5-7-10/h3-7,9,11H,2,8,15H2,1H3. The zero-order valence-corrected chi connectivity index (χ0v) is 10.7. The molecule has 2 aromatic rings. The van der Waals surface area contributed by atoms with Crippen LogP contribution in [0.4, 0.5) is 0 Å². The van der Waals surface area contributed by atoms with Gasteiger partial charge in [-0.1, -0.05) is 18.2 Å². The Morgan fingerprint density at radius 2 is 2.16 bits per heavy atom. The van der Waals surface area contributed by atoms with Crippen molar-refractivity contribution in [3.8, 4) is 11.5 Å². The van der Waals surface area contributed by atoms with Crippen molar-refractivity contribution in [1.82, 2.24) is 4.98 Å². The summed E-state index contributed by atoms with van der Waals surface area (Å²) in [5.74, 6) is 0.161. The van der Waals surface area contributed by atoms with Crippen LogP contribution in [-0.2, 0) is 9.53 Å². The largest absolute Gasteiger partial charge is 0.466 e. The first-order valence-electron chi connectivity index (χ1n) is 6.12. The maximum atomic E-state index is 11.3. The molecule has 0 saturated carbocycles. The number of rotatable bonds is 5. The normalized spacial score (nSPS) is 12.1. The SMILES string of the molecule is CCOC(=O)CC(N)c1coc(-c2ccccc2)n1. The van der Waals surface area contributed by atoms with Crippen LogP contribution in [0, 0.1) is 0 Å². The number of ether oxygens (including phenoxy) is 1. The molecule has 0 spiro atoms. The summed E-state index contributed by atoms with van der Waals surface area (Å²) in [6, 6.07) is 8.99. The molecular weight excluding hydrogens is 244 g/mol. The molecule has 0 amide bonds. The molecule has 1 atom stereocenters. The molecule has 19 heavy (non-hydrogen) atoms. The lowest BCUT2D eigenvalue weighted by Crippen LogP contribution is -2.17. The molecule has 1 unspecified atom stereocenters. The maximum absolute atomic E-state index is 11.3. The average molecular weight is 260 g/mol. The molecule has 5 nitrogen and oxygen atoms in total. The van der Waals surface area contributed by atoms with Crippen LogP contribution in [0.1, 0.15) is 25.1 Å². The lowest BCUT2D eigenvalue weighted by molar-refractivity contribution is -0.143. The first-order valence-corrected chi connectivity index (χ1v) is 6.12. The van der Waals surface area contributed by atoms with E-state index in [1.54, 1.807) is 6.92 Å². The van der Waals surface area contributed by atoms with Gasteiger partial charge in [0.2, 0.25) is 5.89 Å². The number of esters is 1. The first kappa shape index (κ1) is 13.3. The van der Waals surface area contributed by atoms with Gasteiger partial charge in [-0.15, -0.1) is 0 Å². The van der Waals surface area contributed by atoms with E-state index in [-0.39, 0.29) is 12.4 Å². The van der Waals surface area contributed by atoms with Crippen molar-refractivity contribution in [1.29, 1.82) is 0 Å². The van der Waals surface area contributed by atoms with Gasteiger partial charge in [0.05, 0.1) is 24.8 Å². The summed E-state index contributed by atoms with van der Waals surface area (Å²) in [6.45, 7) is 2.10. The van der Waals surface area contributed by atoms with Crippen molar-refractivity contribution in [2.75, 3.05) is 6.61 Å². The molecule has 0 aliphatic carbocycles. The van der Waals surface area contributed by atoms with E-state index in [0.29, 0.717) is 18.2 Å². The van der Waals surface area contributed by atoms with E-state index < -0.39 is 6.04 Å². The number of nitrogens with zero attached hydrogens (tertiary/aromatic N) is 1. The van der Waals surface area contributed by atoms with Crippen molar-refractivity contribution in [2.24, 2.45) is 5.73 Å². The van der Waals surface area contributed by atoms with Crippen LogP contribution in [0.3, 0.4) is 0 Å². The van der Waals surface area contributed by atoms with E-state index in [2.05, 4.69) is 4.98 Å². The van der Waals surface area contributed by atoms with Gasteiger partial charge in [-0.3, -0.25) is 4.79 Å². The second kappa shape index (κ2) is 6.15. The van der Waals surface area contributed by atoms with Gasteiger partial charge in [0, 0.05) is 5.56 Å². The molecule has 0 radical (unpaired) electrons. The summed E-state index contributed by atoms with van der Waals surface area (Å²) in [6.07, 6.45) is 1.57. The van der Waals surface area contributed by atoms with Crippen LogP contribution in [0.2, 0.25) is 0 Å². The van der Waals surface area contributed by atoms with E-state index in [4.69, 9.17) is 14.9 Å². The van der Waals surface area contributed by atoms with Crippen LogP contribution < -0.4 is 5.73 Å². The van der Waals surface area contributed by atoms with Gasteiger partial charge in [-0.05, 0) is 19.1 Å². The number of oxazole rings is 1. The zero-order chi connectivity index (χ0) is 13.7. The maximum Gasteiger partial charge on any atom is 0.307 e. The molecule has 2 rings (SSSR count). The van der Waals surface area contributed by atoms with Crippen LogP contribution >= 0.6 is 0 Å². The minimum Gasteiger partial charge on any atom is -0.466 e. The van der Waals surface area contributed by atoms with Crippen LogP contribution in [0.15, 0.2) is 41.0 Å². The van der Waals surface area contributed by atoms with Gasteiger partial charge in [0.15, 0.2) is 0 Å². The van der Waals surface area contributed by atoms with Gasteiger partial charge < -0.3 is 14.9 Å². The predicted molar refractivity (Wildman–Crippen MR) is 70.1 cm³/mol. The predicted octanol–water partition coefficient (Wildman–Crippen LogP) is 2.29. The Kier molecular flexibility index (Phi) is 4.30. The van der Waals surface area contributed by atoms with Gasteiger partial charge in [0.25, 0.3) is 0 Å². The highest BCUT2D eigenvalue weighted by Crippen LogP contribution is 2.21. The monoisotopic (exact) mass is 260 g/mol. The Labute approximate surface area is 111 Å². The summed E-state index contributed by atoms with van der Waals surface area (Å²) >= 11 is 0. The van der Waals surface area contributed by atoms with E-state index in [1.807, 2.05) is 30.3 Å². The number of aromatic nitrogens is 1. The Bertz CT molecular complexity index is 537. The van der Waals surface area contributed by atoms with Crippen LogP contribution in [-0.4, -0.2) is 17.6 Å². The Morgan fingerprint density at radius 3 is 2.84 bits per heavy atom. The van der Waals surface area contributed by atoms with Crippen molar-refractivity contribution in [3.63, 3.8) is 0 Å². The third-order valence-corrected chi connectivity index (χ3v) is 2.61.